The number of carbonyl (C=O) groups excluding carboxylic acids is 1. The second-order valence-electron chi connectivity index (χ2n) is 5.35. The van der Waals surface area contributed by atoms with Gasteiger partial charge in [0.15, 0.2) is 0 Å². The Morgan fingerprint density at radius 1 is 1.39 bits per heavy atom. The van der Waals surface area contributed by atoms with Crippen molar-refractivity contribution in [2.24, 2.45) is 5.41 Å². The van der Waals surface area contributed by atoms with E-state index < -0.39 is 0 Å². The van der Waals surface area contributed by atoms with Crippen LogP contribution in [0, 0.1) is 5.41 Å². The van der Waals surface area contributed by atoms with Gasteiger partial charge >= 0.3 is 0 Å². The molecule has 1 aliphatic heterocycles. The zero-order chi connectivity index (χ0) is 13.2. The molecule has 4 heteroatoms. The van der Waals surface area contributed by atoms with Crippen LogP contribution in [-0.2, 0) is 0 Å². The Morgan fingerprint density at radius 3 is 2.44 bits per heavy atom. The van der Waals surface area contributed by atoms with Crippen molar-refractivity contribution in [2.75, 3.05) is 18.8 Å². The van der Waals surface area contributed by atoms with Gasteiger partial charge in [-0.25, -0.2) is 0 Å². The summed E-state index contributed by atoms with van der Waals surface area (Å²) < 4.78 is 0. The van der Waals surface area contributed by atoms with Crippen LogP contribution >= 0.6 is 0 Å². The highest BCUT2D eigenvalue weighted by Gasteiger charge is 2.33. The SMILES string of the molecule is CCC1(CC)CCN(C(=O)c2cc(N)c[nH]2)CC1. The van der Waals surface area contributed by atoms with Crippen LogP contribution < -0.4 is 5.73 Å². The van der Waals surface area contributed by atoms with Crippen molar-refractivity contribution < 1.29 is 4.79 Å². The van der Waals surface area contributed by atoms with Gasteiger partial charge in [0.1, 0.15) is 5.69 Å². The van der Waals surface area contributed by atoms with E-state index in [2.05, 4.69) is 18.8 Å². The van der Waals surface area contributed by atoms with E-state index in [1.165, 1.54) is 12.8 Å². The van der Waals surface area contributed by atoms with Gasteiger partial charge in [0.2, 0.25) is 0 Å². The smallest absolute Gasteiger partial charge is 0.270 e. The van der Waals surface area contributed by atoms with Crippen molar-refractivity contribution in [1.82, 2.24) is 9.88 Å². The standard InChI is InChI=1S/C14H23N3O/c1-3-14(4-2)5-7-17(8-6-14)13(18)12-9-11(15)10-16-12/h9-10,16H,3-8,15H2,1-2H3. The maximum atomic E-state index is 12.2. The Hall–Kier alpha value is -1.45. The molecule has 4 nitrogen and oxygen atoms in total. The molecule has 1 aromatic heterocycles. The number of anilines is 1. The predicted molar refractivity (Wildman–Crippen MR) is 73.4 cm³/mol. The summed E-state index contributed by atoms with van der Waals surface area (Å²) in [6.45, 7) is 6.23. The van der Waals surface area contributed by atoms with Crippen LogP contribution in [0.1, 0.15) is 50.0 Å². The normalized spacial score (nSPS) is 18.9. The first-order valence-electron chi connectivity index (χ1n) is 6.83. The molecule has 3 N–H and O–H groups in total. The Balaban J connectivity index is 1.99. The Morgan fingerprint density at radius 2 is 2.00 bits per heavy atom. The minimum absolute atomic E-state index is 0.0764. The van der Waals surface area contributed by atoms with E-state index >= 15 is 0 Å². The highest BCUT2D eigenvalue weighted by atomic mass is 16.2. The molecule has 0 unspecified atom stereocenters. The average molecular weight is 249 g/mol. The number of aromatic amines is 1. The van der Waals surface area contributed by atoms with Crippen molar-refractivity contribution in [1.29, 1.82) is 0 Å². The molecule has 1 aliphatic rings. The van der Waals surface area contributed by atoms with E-state index in [1.807, 2.05) is 4.90 Å². The lowest BCUT2D eigenvalue weighted by Crippen LogP contribution is -2.42. The number of H-pyrrole nitrogens is 1. The van der Waals surface area contributed by atoms with Crippen molar-refractivity contribution in [3.8, 4) is 0 Å². The molecule has 0 aromatic carbocycles. The summed E-state index contributed by atoms with van der Waals surface area (Å²) in [5.41, 5.74) is 7.30. The van der Waals surface area contributed by atoms with Gasteiger partial charge in [-0.05, 0) is 24.3 Å². The van der Waals surface area contributed by atoms with Gasteiger partial charge in [0.25, 0.3) is 5.91 Å². The third kappa shape index (κ3) is 2.37. The molecule has 0 spiro atoms. The van der Waals surface area contributed by atoms with E-state index in [4.69, 9.17) is 5.73 Å². The second-order valence-corrected chi connectivity index (χ2v) is 5.35. The molecule has 2 heterocycles. The second kappa shape index (κ2) is 5.04. The number of nitrogens with two attached hydrogens (primary N) is 1. The maximum Gasteiger partial charge on any atom is 0.270 e. The summed E-state index contributed by atoms with van der Waals surface area (Å²) in [6, 6.07) is 1.71. The summed E-state index contributed by atoms with van der Waals surface area (Å²) in [4.78, 5) is 17.1. The van der Waals surface area contributed by atoms with Gasteiger partial charge < -0.3 is 15.6 Å². The highest BCUT2D eigenvalue weighted by Crippen LogP contribution is 2.38. The van der Waals surface area contributed by atoms with Crippen LogP contribution in [0.4, 0.5) is 5.69 Å². The van der Waals surface area contributed by atoms with E-state index in [9.17, 15) is 4.79 Å². The number of hydrogen-bond donors (Lipinski definition) is 2. The third-order valence-electron chi connectivity index (χ3n) is 4.55. The molecule has 0 bridgehead atoms. The van der Waals surface area contributed by atoms with Crippen LogP contribution in [-0.4, -0.2) is 28.9 Å². The van der Waals surface area contributed by atoms with Crippen molar-refractivity contribution in [3.63, 3.8) is 0 Å². The molecule has 1 saturated heterocycles. The van der Waals surface area contributed by atoms with E-state index in [1.54, 1.807) is 12.3 Å². The quantitative estimate of drug-likeness (QED) is 0.865. The lowest BCUT2D eigenvalue weighted by molar-refractivity contribution is 0.0553. The number of nitrogens with one attached hydrogen (secondary N) is 1. The Labute approximate surface area is 109 Å². The lowest BCUT2D eigenvalue weighted by atomic mass is 9.74. The minimum Gasteiger partial charge on any atom is -0.397 e. The summed E-state index contributed by atoms with van der Waals surface area (Å²) >= 11 is 0. The molecule has 1 fully saturated rings. The molecule has 2 rings (SSSR count). The highest BCUT2D eigenvalue weighted by molar-refractivity contribution is 5.93. The molecule has 0 aliphatic carbocycles. The molecule has 100 valence electrons. The van der Waals surface area contributed by atoms with Crippen LogP contribution in [0.3, 0.4) is 0 Å². The molecule has 1 aromatic rings. The number of nitrogens with zero attached hydrogens (tertiary/aromatic N) is 1. The van der Waals surface area contributed by atoms with E-state index in [-0.39, 0.29) is 5.91 Å². The number of piperidine rings is 1. The fourth-order valence-corrected chi connectivity index (χ4v) is 2.85. The number of hydrogen-bond acceptors (Lipinski definition) is 2. The number of rotatable bonds is 3. The average Bonchev–Trinajstić information content (AvgIpc) is 2.85. The van der Waals surface area contributed by atoms with Crippen molar-refractivity contribution in [2.45, 2.75) is 39.5 Å². The molecule has 0 radical (unpaired) electrons. The number of amides is 1. The molecular weight excluding hydrogens is 226 g/mol. The largest absolute Gasteiger partial charge is 0.397 e. The molecular formula is C14H23N3O. The number of nitrogen functional groups attached to an aromatic ring is 1. The van der Waals surface area contributed by atoms with Crippen LogP contribution in [0.5, 0.6) is 0 Å². The minimum atomic E-state index is 0.0764. The monoisotopic (exact) mass is 249 g/mol. The lowest BCUT2D eigenvalue weighted by Gasteiger charge is -2.40. The number of likely N-dealkylation sites (tertiary alicyclic amines) is 1. The zero-order valence-electron chi connectivity index (χ0n) is 11.3. The summed E-state index contributed by atoms with van der Waals surface area (Å²) in [6.07, 6.45) is 6.31. The van der Waals surface area contributed by atoms with Crippen LogP contribution in [0.25, 0.3) is 0 Å². The summed E-state index contributed by atoms with van der Waals surface area (Å²) in [7, 11) is 0. The van der Waals surface area contributed by atoms with Gasteiger partial charge in [-0.15, -0.1) is 0 Å². The fourth-order valence-electron chi connectivity index (χ4n) is 2.85. The number of aromatic nitrogens is 1. The van der Waals surface area contributed by atoms with Crippen molar-refractivity contribution >= 4 is 11.6 Å². The maximum absolute atomic E-state index is 12.2. The van der Waals surface area contributed by atoms with E-state index in [0.717, 1.165) is 25.9 Å². The topological polar surface area (TPSA) is 62.1 Å². The van der Waals surface area contributed by atoms with Crippen LogP contribution in [0.2, 0.25) is 0 Å². The summed E-state index contributed by atoms with van der Waals surface area (Å²) in [5, 5.41) is 0. The third-order valence-corrected chi connectivity index (χ3v) is 4.55. The van der Waals surface area contributed by atoms with Crippen molar-refractivity contribution in [3.05, 3.63) is 18.0 Å². The first-order valence-corrected chi connectivity index (χ1v) is 6.83. The first kappa shape index (κ1) is 13.0. The predicted octanol–water partition coefficient (Wildman–Crippen LogP) is 2.64. The fraction of sp³-hybridized carbons (Fsp3) is 0.643. The van der Waals surface area contributed by atoms with Crippen LogP contribution in [0.15, 0.2) is 12.3 Å². The number of carbonyl (C=O) groups is 1. The molecule has 0 saturated carbocycles. The Bertz CT molecular complexity index is 410. The Kier molecular flexibility index (Phi) is 3.64. The molecule has 1 amide bonds. The van der Waals surface area contributed by atoms with Gasteiger partial charge in [-0.2, -0.15) is 0 Å². The summed E-state index contributed by atoms with van der Waals surface area (Å²) in [5.74, 6) is 0.0764. The van der Waals surface area contributed by atoms with E-state index in [0.29, 0.717) is 16.8 Å². The van der Waals surface area contributed by atoms with Gasteiger partial charge in [0, 0.05) is 25.0 Å². The molecule has 0 atom stereocenters. The first-order chi connectivity index (χ1) is 8.60. The molecule has 18 heavy (non-hydrogen) atoms. The van der Waals surface area contributed by atoms with Gasteiger partial charge in [0.05, 0.1) is 0 Å². The van der Waals surface area contributed by atoms with Gasteiger partial charge in [-0.3, -0.25) is 4.79 Å². The van der Waals surface area contributed by atoms with Gasteiger partial charge in [-0.1, -0.05) is 26.7 Å². The zero-order valence-corrected chi connectivity index (χ0v) is 11.3.